The summed E-state index contributed by atoms with van der Waals surface area (Å²) >= 11 is 0. The molecular weight excluding hydrogens is 268 g/mol. The Morgan fingerprint density at radius 3 is 2.43 bits per heavy atom. The van der Waals surface area contributed by atoms with E-state index in [1.807, 2.05) is 46.5 Å². The van der Waals surface area contributed by atoms with Crippen LogP contribution in [0.25, 0.3) is 0 Å². The van der Waals surface area contributed by atoms with Gasteiger partial charge in [0.2, 0.25) is 0 Å². The lowest BCUT2D eigenvalue weighted by molar-refractivity contribution is 0.0286. The first-order chi connectivity index (χ1) is 9.58. The van der Waals surface area contributed by atoms with Crippen molar-refractivity contribution in [1.29, 1.82) is 0 Å². The molecule has 0 aromatic carbocycles. The van der Waals surface area contributed by atoms with Crippen molar-refractivity contribution in [2.75, 3.05) is 27.2 Å². The maximum Gasteiger partial charge on any atom is 0.410 e. The van der Waals surface area contributed by atoms with E-state index in [0.29, 0.717) is 6.54 Å². The zero-order valence-electron chi connectivity index (χ0n) is 14.3. The summed E-state index contributed by atoms with van der Waals surface area (Å²) in [6.45, 7) is 9.81. The third-order valence-electron chi connectivity index (χ3n) is 3.05. The Kier molecular flexibility index (Phi) is 5.78. The van der Waals surface area contributed by atoms with E-state index in [1.54, 1.807) is 11.9 Å². The quantitative estimate of drug-likeness (QED) is 0.834. The van der Waals surface area contributed by atoms with Gasteiger partial charge in [-0.3, -0.25) is 9.58 Å². The number of carbonyl (C=O) groups excluding carboxylic acids is 1. The van der Waals surface area contributed by atoms with Gasteiger partial charge in [-0.2, -0.15) is 5.10 Å². The fraction of sp³-hybridized carbons (Fsp3) is 0.733. The fourth-order valence-corrected chi connectivity index (χ4v) is 1.92. The lowest BCUT2D eigenvalue weighted by atomic mass is 10.2. The van der Waals surface area contributed by atoms with Crippen LogP contribution in [0.1, 0.15) is 32.2 Å². The van der Waals surface area contributed by atoms with E-state index in [1.165, 1.54) is 0 Å². The summed E-state index contributed by atoms with van der Waals surface area (Å²) in [5.41, 5.74) is 1.73. The van der Waals surface area contributed by atoms with Crippen molar-refractivity contribution in [3.05, 3.63) is 17.5 Å². The van der Waals surface area contributed by atoms with Gasteiger partial charge in [0.15, 0.2) is 0 Å². The van der Waals surface area contributed by atoms with Gasteiger partial charge in [0.05, 0.1) is 11.4 Å². The highest BCUT2D eigenvalue weighted by Gasteiger charge is 2.19. The zero-order chi connectivity index (χ0) is 16.2. The SMILES string of the molecule is Cc1cc(CN(C)CCN(C)C(=O)OC(C)(C)C)n(C)n1. The lowest BCUT2D eigenvalue weighted by Crippen LogP contribution is -2.38. The molecule has 1 aromatic heterocycles. The minimum absolute atomic E-state index is 0.285. The van der Waals surface area contributed by atoms with E-state index in [0.717, 1.165) is 24.5 Å². The molecule has 1 heterocycles. The Labute approximate surface area is 127 Å². The van der Waals surface area contributed by atoms with E-state index < -0.39 is 5.60 Å². The molecule has 0 bridgehead atoms. The smallest absolute Gasteiger partial charge is 0.410 e. The third-order valence-corrected chi connectivity index (χ3v) is 3.05. The van der Waals surface area contributed by atoms with Crippen molar-refractivity contribution in [1.82, 2.24) is 19.6 Å². The van der Waals surface area contributed by atoms with E-state index in [2.05, 4.69) is 16.1 Å². The average Bonchev–Trinajstić information content (AvgIpc) is 2.62. The summed E-state index contributed by atoms with van der Waals surface area (Å²) in [5, 5.41) is 4.33. The number of aromatic nitrogens is 2. The standard InChI is InChI=1S/C15H28N4O2/c1-12-10-13(19(7)16-12)11-17(5)8-9-18(6)14(20)21-15(2,3)4/h10H,8-9,11H2,1-7H3. The first-order valence-corrected chi connectivity index (χ1v) is 7.20. The van der Waals surface area contributed by atoms with Gasteiger partial charge in [0.25, 0.3) is 0 Å². The molecule has 120 valence electrons. The van der Waals surface area contributed by atoms with Crippen molar-refractivity contribution in [2.45, 2.75) is 39.8 Å². The highest BCUT2D eigenvalue weighted by atomic mass is 16.6. The summed E-state index contributed by atoms with van der Waals surface area (Å²) in [5.74, 6) is 0. The van der Waals surface area contributed by atoms with E-state index in [-0.39, 0.29) is 6.09 Å². The predicted molar refractivity (Wildman–Crippen MR) is 83.1 cm³/mol. The maximum absolute atomic E-state index is 11.9. The number of aryl methyl sites for hydroxylation is 2. The summed E-state index contributed by atoms with van der Waals surface area (Å²) in [4.78, 5) is 15.6. The average molecular weight is 296 g/mol. The van der Waals surface area contributed by atoms with Gasteiger partial charge >= 0.3 is 6.09 Å². The molecule has 6 nitrogen and oxygen atoms in total. The number of amides is 1. The fourth-order valence-electron chi connectivity index (χ4n) is 1.92. The predicted octanol–water partition coefficient (Wildman–Crippen LogP) is 2.03. The highest BCUT2D eigenvalue weighted by Crippen LogP contribution is 2.09. The van der Waals surface area contributed by atoms with Gasteiger partial charge in [0.1, 0.15) is 5.60 Å². The molecule has 1 amide bonds. The van der Waals surface area contributed by atoms with Crippen LogP contribution < -0.4 is 0 Å². The Bertz CT molecular complexity index is 477. The molecule has 0 N–H and O–H groups in total. The molecule has 1 aromatic rings. The number of hydrogen-bond acceptors (Lipinski definition) is 4. The number of hydrogen-bond donors (Lipinski definition) is 0. The molecule has 0 saturated heterocycles. The van der Waals surface area contributed by atoms with Gasteiger partial charge in [-0.15, -0.1) is 0 Å². The second-order valence-electron chi connectivity index (χ2n) is 6.54. The molecule has 0 saturated carbocycles. The van der Waals surface area contributed by atoms with Crippen LogP contribution in [0, 0.1) is 6.92 Å². The van der Waals surface area contributed by atoms with E-state index in [4.69, 9.17) is 4.74 Å². The van der Waals surface area contributed by atoms with Gasteiger partial charge in [-0.1, -0.05) is 0 Å². The van der Waals surface area contributed by atoms with Crippen molar-refractivity contribution >= 4 is 6.09 Å². The van der Waals surface area contributed by atoms with Crippen molar-refractivity contribution in [3.8, 4) is 0 Å². The number of ether oxygens (including phenoxy) is 1. The molecule has 21 heavy (non-hydrogen) atoms. The maximum atomic E-state index is 11.9. The highest BCUT2D eigenvalue weighted by molar-refractivity contribution is 5.67. The van der Waals surface area contributed by atoms with Gasteiger partial charge < -0.3 is 9.64 Å². The molecule has 0 radical (unpaired) electrons. The van der Waals surface area contributed by atoms with Gasteiger partial charge in [-0.25, -0.2) is 4.79 Å². The monoisotopic (exact) mass is 296 g/mol. The van der Waals surface area contributed by atoms with Crippen LogP contribution in [0.3, 0.4) is 0 Å². The molecule has 0 spiro atoms. The molecule has 0 aliphatic rings. The minimum Gasteiger partial charge on any atom is -0.444 e. The van der Waals surface area contributed by atoms with Gasteiger partial charge in [-0.05, 0) is 40.8 Å². The minimum atomic E-state index is -0.455. The van der Waals surface area contributed by atoms with Crippen LogP contribution in [0.4, 0.5) is 4.79 Å². The van der Waals surface area contributed by atoms with Gasteiger partial charge in [0, 0.05) is 33.7 Å². The molecule has 0 aliphatic carbocycles. The number of likely N-dealkylation sites (N-methyl/N-ethyl adjacent to an activating group) is 2. The van der Waals surface area contributed by atoms with Crippen molar-refractivity contribution in [2.24, 2.45) is 7.05 Å². The second-order valence-corrected chi connectivity index (χ2v) is 6.54. The van der Waals surface area contributed by atoms with Crippen LogP contribution >= 0.6 is 0 Å². The van der Waals surface area contributed by atoms with Crippen molar-refractivity contribution in [3.63, 3.8) is 0 Å². The molecule has 0 atom stereocenters. The first-order valence-electron chi connectivity index (χ1n) is 7.20. The molecule has 6 heteroatoms. The summed E-state index contributed by atoms with van der Waals surface area (Å²) < 4.78 is 7.22. The summed E-state index contributed by atoms with van der Waals surface area (Å²) in [6, 6.07) is 2.08. The normalized spacial score (nSPS) is 11.8. The molecule has 1 rings (SSSR count). The second kappa shape index (κ2) is 6.93. The number of nitrogens with zero attached hydrogens (tertiary/aromatic N) is 4. The van der Waals surface area contributed by atoms with Crippen LogP contribution in [-0.2, 0) is 18.3 Å². The molecule has 0 unspecified atom stereocenters. The molecule has 0 fully saturated rings. The van der Waals surface area contributed by atoms with E-state index >= 15 is 0 Å². The van der Waals surface area contributed by atoms with Crippen LogP contribution in [0.15, 0.2) is 6.07 Å². The Hall–Kier alpha value is -1.56. The van der Waals surface area contributed by atoms with E-state index in [9.17, 15) is 4.79 Å². The van der Waals surface area contributed by atoms with Crippen LogP contribution in [-0.4, -0.2) is 58.5 Å². The number of rotatable bonds is 5. The van der Waals surface area contributed by atoms with Crippen LogP contribution in [0.2, 0.25) is 0 Å². The van der Waals surface area contributed by atoms with Crippen molar-refractivity contribution < 1.29 is 9.53 Å². The molecular formula is C15H28N4O2. The first kappa shape index (κ1) is 17.5. The van der Waals surface area contributed by atoms with Crippen LogP contribution in [0.5, 0.6) is 0 Å². The zero-order valence-corrected chi connectivity index (χ0v) is 14.3. The number of carbonyl (C=O) groups is 1. The third kappa shape index (κ3) is 6.16. The lowest BCUT2D eigenvalue weighted by Gasteiger charge is -2.26. The Morgan fingerprint density at radius 2 is 1.95 bits per heavy atom. The largest absolute Gasteiger partial charge is 0.444 e. The Morgan fingerprint density at radius 1 is 1.33 bits per heavy atom. The summed E-state index contributed by atoms with van der Waals surface area (Å²) in [6.07, 6.45) is -0.285. The topological polar surface area (TPSA) is 50.6 Å². The Balaban J connectivity index is 2.40. The summed E-state index contributed by atoms with van der Waals surface area (Å²) in [7, 11) is 5.74. The molecule has 0 aliphatic heterocycles.